The van der Waals surface area contributed by atoms with Crippen molar-refractivity contribution in [3.63, 3.8) is 0 Å². The van der Waals surface area contributed by atoms with Crippen molar-refractivity contribution < 1.29 is 9.59 Å². The summed E-state index contributed by atoms with van der Waals surface area (Å²) in [7, 11) is 1.70. The van der Waals surface area contributed by atoms with E-state index in [2.05, 4.69) is 10.3 Å². The fourth-order valence-corrected chi connectivity index (χ4v) is 4.04. The van der Waals surface area contributed by atoms with Gasteiger partial charge in [0.15, 0.2) is 5.17 Å². The molecule has 0 bridgehead atoms. The van der Waals surface area contributed by atoms with Crippen LogP contribution in [0.4, 0.5) is 0 Å². The van der Waals surface area contributed by atoms with Crippen molar-refractivity contribution >= 4 is 28.7 Å². The lowest BCUT2D eigenvalue weighted by Crippen LogP contribution is -2.41. The van der Waals surface area contributed by atoms with Crippen LogP contribution in [0.2, 0.25) is 0 Å². The molecule has 5 nitrogen and oxygen atoms in total. The minimum atomic E-state index is -0.406. The lowest BCUT2D eigenvalue weighted by atomic mass is 9.87. The highest BCUT2D eigenvalue weighted by molar-refractivity contribution is 8.16. The van der Waals surface area contributed by atoms with Gasteiger partial charge in [-0.3, -0.25) is 14.6 Å². The third-order valence-corrected chi connectivity index (χ3v) is 5.45. The van der Waals surface area contributed by atoms with Crippen molar-refractivity contribution in [2.45, 2.75) is 44.3 Å². The first-order valence-electron chi connectivity index (χ1n) is 7.23. The summed E-state index contributed by atoms with van der Waals surface area (Å²) < 4.78 is -0.406. The summed E-state index contributed by atoms with van der Waals surface area (Å²) in [4.78, 5) is 29.7. The Bertz CT molecular complexity index is 430. The monoisotopic (exact) mass is 297 g/mol. The Labute approximate surface area is 124 Å². The molecule has 20 heavy (non-hydrogen) atoms. The molecule has 0 spiro atoms. The Hall–Kier alpha value is -1.04. The second-order valence-electron chi connectivity index (χ2n) is 5.70. The van der Waals surface area contributed by atoms with Crippen LogP contribution < -0.4 is 5.32 Å². The van der Waals surface area contributed by atoms with Crippen LogP contribution in [0, 0.1) is 5.92 Å². The molecule has 2 heterocycles. The van der Waals surface area contributed by atoms with Crippen LogP contribution in [0.1, 0.15) is 39.5 Å². The molecule has 1 N–H and O–H groups in total. The standard InChI is InChI=1S/C14H23N3O2S/c1-4-11(18)17-7-5-10(6-8-17)9-14(2)12(19)16-13(15-3)20-14/h10H,4-9H2,1-3H3,(H,15,16,19). The number of aliphatic imine (C=N–C) groups is 1. The van der Waals surface area contributed by atoms with E-state index in [1.165, 1.54) is 11.8 Å². The zero-order valence-corrected chi connectivity index (χ0v) is 13.3. The molecule has 2 amide bonds. The zero-order valence-electron chi connectivity index (χ0n) is 12.4. The summed E-state index contributed by atoms with van der Waals surface area (Å²) in [5.74, 6) is 0.813. The average Bonchev–Trinajstić information content (AvgIpc) is 2.74. The van der Waals surface area contributed by atoms with Crippen LogP contribution in [0.25, 0.3) is 0 Å². The van der Waals surface area contributed by atoms with Crippen molar-refractivity contribution in [3.05, 3.63) is 0 Å². The number of likely N-dealkylation sites (tertiary alicyclic amines) is 1. The Balaban J connectivity index is 1.89. The average molecular weight is 297 g/mol. The van der Waals surface area contributed by atoms with Crippen LogP contribution in [-0.2, 0) is 9.59 Å². The Morgan fingerprint density at radius 2 is 2.15 bits per heavy atom. The Morgan fingerprint density at radius 1 is 1.50 bits per heavy atom. The number of hydrogen-bond acceptors (Lipinski definition) is 4. The summed E-state index contributed by atoms with van der Waals surface area (Å²) in [5.41, 5.74) is 0. The van der Waals surface area contributed by atoms with E-state index in [1.807, 2.05) is 18.7 Å². The lowest BCUT2D eigenvalue weighted by molar-refractivity contribution is -0.132. The van der Waals surface area contributed by atoms with Crippen molar-refractivity contribution in [3.8, 4) is 0 Å². The molecule has 2 rings (SSSR count). The molecule has 2 aliphatic rings. The first-order chi connectivity index (χ1) is 9.48. The SMILES string of the molecule is CCC(=O)N1CCC(CC2(C)SC(=NC)NC2=O)CC1. The lowest BCUT2D eigenvalue weighted by Gasteiger charge is -2.34. The molecule has 0 aromatic carbocycles. The first-order valence-corrected chi connectivity index (χ1v) is 8.05. The highest BCUT2D eigenvalue weighted by atomic mass is 32.2. The van der Waals surface area contributed by atoms with Crippen LogP contribution in [0.3, 0.4) is 0 Å². The van der Waals surface area contributed by atoms with Crippen LogP contribution in [0.15, 0.2) is 4.99 Å². The minimum absolute atomic E-state index is 0.0650. The van der Waals surface area contributed by atoms with Crippen molar-refractivity contribution in [1.29, 1.82) is 0 Å². The van der Waals surface area contributed by atoms with Gasteiger partial charge in [0.1, 0.15) is 0 Å². The van der Waals surface area contributed by atoms with Gasteiger partial charge in [-0.05, 0) is 32.1 Å². The first kappa shape index (κ1) is 15.4. The summed E-state index contributed by atoms with van der Waals surface area (Å²) in [6.45, 7) is 5.55. The number of carbonyl (C=O) groups is 2. The van der Waals surface area contributed by atoms with E-state index in [0.717, 1.165) is 37.5 Å². The minimum Gasteiger partial charge on any atom is -0.343 e. The fourth-order valence-electron chi connectivity index (χ4n) is 2.91. The van der Waals surface area contributed by atoms with Gasteiger partial charge < -0.3 is 10.2 Å². The summed E-state index contributed by atoms with van der Waals surface area (Å²) in [6, 6.07) is 0. The van der Waals surface area contributed by atoms with Gasteiger partial charge in [0.05, 0.1) is 4.75 Å². The Kier molecular flexibility index (Phi) is 4.73. The van der Waals surface area contributed by atoms with Crippen LogP contribution in [-0.4, -0.2) is 46.8 Å². The molecule has 0 aromatic rings. The second kappa shape index (κ2) is 6.16. The molecule has 1 unspecified atom stereocenters. The number of piperidine rings is 1. The Morgan fingerprint density at radius 3 is 2.65 bits per heavy atom. The number of amides is 2. The number of nitrogens with one attached hydrogen (secondary N) is 1. The van der Waals surface area contributed by atoms with Crippen molar-refractivity contribution in [1.82, 2.24) is 10.2 Å². The molecular weight excluding hydrogens is 274 g/mol. The molecule has 1 atom stereocenters. The second-order valence-corrected chi connectivity index (χ2v) is 7.19. The normalized spacial score (nSPS) is 29.9. The maximum absolute atomic E-state index is 12.1. The van der Waals surface area contributed by atoms with Gasteiger partial charge >= 0.3 is 0 Å². The molecule has 2 aliphatic heterocycles. The van der Waals surface area contributed by atoms with E-state index in [4.69, 9.17) is 0 Å². The summed E-state index contributed by atoms with van der Waals surface area (Å²) >= 11 is 1.54. The molecule has 0 radical (unpaired) electrons. The molecule has 2 saturated heterocycles. The molecule has 0 aromatic heterocycles. The fraction of sp³-hybridized carbons (Fsp3) is 0.786. The van der Waals surface area contributed by atoms with Crippen LogP contribution in [0.5, 0.6) is 0 Å². The van der Waals surface area contributed by atoms with Gasteiger partial charge in [0.25, 0.3) is 0 Å². The molecule has 0 saturated carbocycles. The van der Waals surface area contributed by atoms with Gasteiger partial charge in [-0.2, -0.15) is 0 Å². The maximum atomic E-state index is 12.1. The largest absolute Gasteiger partial charge is 0.343 e. The zero-order chi connectivity index (χ0) is 14.8. The number of carbonyl (C=O) groups excluding carboxylic acids is 2. The van der Waals surface area contributed by atoms with Gasteiger partial charge in [-0.15, -0.1) is 0 Å². The number of thioether (sulfide) groups is 1. The third kappa shape index (κ3) is 3.16. The molecule has 2 fully saturated rings. The van der Waals surface area contributed by atoms with Crippen LogP contribution >= 0.6 is 11.8 Å². The van der Waals surface area contributed by atoms with E-state index >= 15 is 0 Å². The van der Waals surface area contributed by atoms with E-state index < -0.39 is 4.75 Å². The van der Waals surface area contributed by atoms with E-state index in [1.54, 1.807) is 7.05 Å². The van der Waals surface area contributed by atoms with Crippen molar-refractivity contribution in [2.75, 3.05) is 20.1 Å². The number of nitrogens with zero attached hydrogens (tertiary/aromatic N) is 2. The third-order valence-electron chi connectivity index (χ3n) is 4.17. The van der Waals surface area contributed by atoms with E-state index in [9.17, 15) is 9.59 Å². The molecule has 112 valence electrons. The van der Waals surface area contributed by atoms with Gasteiger partial charge in [0, 0.05) is 26.6 Å². The van der Waals surface area contributed by atoms with E-state index in [0.29, 0.717) is 12.3 Å². The smallest absolute Gasteiger partial charge is 0.242 e. The number of amidine groups is 1. The highest BCUT2D eigenvalue weighted by Gasteiger charge is 2.44. The van der Waals surface area contributed by atoms with Gasteiger partial charge in [-0.25, -0.2) is 0 Å². The van der Waals surface area contributed by atoms with Gasteiger partial charge in [0.2, 0.25) is 11.8 Å². The molecule has 0 aliphatic carbocycles. The molecular formula is C14H23N3O2S. The highest BCUT2D eigenvalue weighted by Crippen LogP contribution is 2.39. The number of hydrogen-bond donors (Lipinski definition) is 1. The summed E-state index contributed by atoms with van der Waals surface area (Å²) in [5, 5.41) is 3.55. The molecule has 6 heteroatoms. The summed E-state index contributed by atoms with van der Waals surface area (Å²) in [6.07, 6.45) is 3.43. The van der Waals surface area contributed by atoms with Gasteiger partial charge in [-0.1, -0.05) is 18.7 Å². The topological polar surface area (TPSA) is 61.8 Å². The number of rotatable bonds is 3. The predicted molar refractivity (Wildman–Crippen MR) is 81.7 cm³/mol. The van der Waals surface area contributed by atoms with Crippen molar-refractivity contribution in [2.24, 2.45) is 10.9 Å². The quantitative estimate of drug-likeness (QED) is 0.861. The predicted octanol–water partition coefficient (Wildman–Crippen LogP) is 1.63. The van der Waals surface area contributed by atoms with E-state index in [-0.39, 0.29) is 11.8 Å². The maximum Gasteiger partial charge on any atom is 0.242 e.